The highest BCUT2D eigenvalue weighted by atomic mass is 16.5. The van der Waals surface area contributed by atoms with E-state index in [-0.39, 0.29) is 6.04 Å². The second kappa shape index (κ2) is 7.04. The first-order valence-electron chi connectivity index (χ1n) is 6.57. The maximum absolute atomic E-state index is 7.87. The summed E-state index contributed by atoms with van der Waals surface area (Å²) in [6, 6.07) is 7.96. The third-order valence-corrected chi connectivity index (χ3v) is 2.54. The Bertz CT molecular complexity index is 369. The summed E-state index contributed by atoms with van der Waals surface area (Å²) in [6.45, 7) is 9.17. The van der Waals surface area contributed by atoms with Crippen molar-refractivity contribution in [2.24, 2.45) is 5.92 Å². The third-order valence-electron chi connectivity index (χ3n) is 2.54. The Morgan fingerprint density at radius 2 is 1.78 bits per heavy atom. The van der Waals surface area contributed by atoms with E-state index in [1.807, 2.05) is 38.1 Å². The van der Waals surface area contributed by atoms with Crippen LogP contribution in [-0.4, -0.2) is 18.5 Å². The van der Waals surface area contributed by atoms with Crippen molar-refractivity contribution in [1.82, 2.24) is 5.32 Å². The van der Waals surface area contributed by atoms with Crippen LogP contribution in [0, 0.1) is 11.3 Å². The summed E-state index contributed by atoms with van der Waals surface area (Å²) in [5, 5.41) is 11.0. The van der Waals surface area contributed by atoms with Crippen molar-refractivity contribution >= 4 is 5.84 Å². The van der Waals surface area contributed by atoms with Gasteiger partial charge in [0.1, 0.15) is 11.6 Å². The zero-order chi connectivity index (χ0) is 13.5. The van der Waals surface area contributed by atoms with Crippen LogP contribution in [0.1, 0.15) is 39.7 Å². The van der Waals surface area contributed by atoms with E-state index in [0.29, 0.717) is 11.8 Å². The molecule has 0 radical (unpaired) electrons. The van der Waals surface area contributed by atoms with Crippen LogP contribution < -0.4 is 10.1 Å². The van der Waals surface area contributed by atoms with Crippen LogP contribution in [0.15, 0.2) is 24.3 Å². The highest BCUT2D eigenvalue weighted by Crippen LogP contribution is 2.13. The number of benzene rings is 1. The molecule has 0 heterocycles. The Morgan fingerprint density at radius 3 is 2.28 bits per heavy atom. The molecular weight excluding hydrogens is 224 g/mol. The second-order valence-corrected chi connectivity index (χ2v) is 5.23. The molecule has 18 heavy (non-hydrogen) atoms. The monoisotopic (exact) mass is 248 g/mol. The lowest BCUT2D eigenvalue weighted by atomic mass is 10.1. The van der Waals surface area contributed by atoms with Gasteiger partial charge in [-0.25, -0.2) is 0 Å². The van der Waals surface area contributed by atoms with Gasteiger partial charge in [-0.05, 0) is 50.5 Å². The van der Waals surface area contributed by atoms with Crippen LogP contribution in [0.4, 0.5) is 0 Å². The van der Waals surface area contributed by atoms with E-state index in [1.54, 1.807) is 0 Å². The first kappa shape index (κ1) is 14.6. The molecule has 0 aliphatic carbocycles. The summed E-state index contributed by atoms with van der Waals surface area (Å²) in [5.74, 6) is 1.99. The van der Waals surface area contributed by atoms with E-state index in [4.69, 9.17) is 10.1 Å². The fourth-order valence-electron chi connectivity index (χ4n) is 1.50. The zero-order valence-corrected chi connectivity index (χ0v) is 11.8. The van der Waals surface area contributed by atoms with Gasteiger partial charge in [-0.15, -0.1) is 0 Å². The normalized spacial score (nSPS) is 10.8. The summed E-state index contributed by atoms with van der Waals surface area (Å²) < 4.78 is 5.64. The molecule has 100 valence electrons. The van der Waals surface area contributed by atoms with Crippen LogP contribution in [0.3, 0.4) is 0 Å². The van der Waals surface area contributed by atoms with Gasteiger partial charge in [-0.3, -0.25) is 5.41 Å². The largest absolute Gasteiger partial charge is 0.494 e. The van der Waals surface area contributed by atoms with Gasteiger partial charge < -0.3 is 10.1 Å². The minimum absolute atomic E-state index is 0.277. The van der Waals surface area contributed by atoms with Crippen molar-refractivity contribution in [2.75, 3.05) is 6.61 Å². The number of hydrogen-bond donors (Lipinski definition) is 2. The van der Waals surface area contributed by atoms with Gasteiger partial charge in [0.25, 0.3) is 0 Å². The predicted molar refractivity (Wildman–Crippen MR) is 76.5 cm³/mol. The smallest absolute Gasteiger partial charge is 0.125 e. The second-order valence-electron chi connectivity index (χ2n) is 5.23. The van der Waals surface area contributed by atoms with Gasteiger partial charge in [-0.2, -0.15) is 0 Å². The summed E-state index contributed by atoms with van der Waals surface area (Å²) in [6.07, 6.45) is 1.06. The predicted octanol–water partition coefficient (Wildman–Crippen LogP) is 3.43. The summed E-state index contributed by atoms with van der Waals surface area (Å²) in [7, 11) is 0. The SMILES string of the molecule is CC(C)CCOc1ccc(C(=N)NC(C)C)cc1. The van der Waals surface area contributed by atoms with Gasteiger partial charge in [-0.1, -0.05) is 13.8 Å². The molecular formula is C15H24N2O. The molecule has 0 unspecified atom stereocenters. The van der Waals surface area contributed by atoms with E-state index >= 15 is 0 Å². The Hall–Kier alpha value is -1.51. The minimum Gasteiger partial charge on any atom is -0.494 e. The Balaban J connectivity index is 2.49. The quantitative estimate of drug-likeness (QED) is 0.598. The molecule has 2 N–H and O–H groups in total. The summed E-state index contributed by atoms with van der Waals surface area (Å²) in [4.78, 5) is 0. The molecule has 3 heteroatoms. The molecule has 0 atom stereocenters. The highest BCUT2D eigenvalue weighted by Gasteiger charge is 2.03. The van der Waals surface area contributed by atoms with Gasteiger partial charge in [0, 0.05) is 11.6 Å². The van der Waals surface area contributed by atoms with Crippen LogP contribution in [0.5, 0.6) is 5.75 Å². The Labute approximate surface area is 110 Å². The standard InChI is InChI=1S/C15H24N2O/c1-11(2)9-10-18-14-7-5-13(6-8-14)15(16)17-12(3)4/h5-8,11-12H,9-10H2,1-4H3,(H2,16,17). The van der Waals surface area contributed by atoms with E-state index in [2.05, 4.69) is 19.2 Å². The molecule has 0 saturated carbocycles. The van der Waals surface area contributed by atoms with Crippen molar-refractivity contribution < 1.29 is 4.74 Å². The molecule has 1 rings (SSSR count). The van der Waals surface area contributed by atoms with Gasteiger partial charge >= 0.3 is 0 Å². The van der Waals surface area contributed by atoms with Crippen molar-refractivity contribution in [2.45, 2.75) is 40.2 Å². The van der Waals surface area contributed by atoms with Crippen LogP contribution in [0.2, 0.25) is 0 Å². The van der Waals surface area contributed by atoms with Crippen molar-refractivity contribution in [3.63, 3.8) is 0 Å². The number of rotatable bonds is 6. The number of nitrogens with one attached hydrogen (secondary N) is 2. The van der Waals surface area contributed by atoms with Gasteiger partial charge in [0.05, 0.1) is 6.61 Å². The summed E-state index contributed by atoms with van der Waals surface area (Å²) in [5.41, 5.74) is 0.889. The highest BCUT2D eigenvalue weighted by molar-refractivity contribution is 5.96. The molecule has 1 aromatic rings. The molecule has 1 aromatic carbocycles. The minimum atomic E-state index is 0.277. The van der Waals surface area contributed by atoms with Crippen LogP contribution >= 0.6 is 0 Å². The molecule has 0 aliphatic rings. The number of hydrogen-bond acceptors (Lipinski definition) is 2. The lowest BCUT2D eigenvalue weighted by Gasteiger charge is -2.12. The van der Waals surface area contributed by atoms with Gasteiger partial charge in [0.2, 0.25) is 0 Å². The maximum atomic E-state index is 7.87. The number of ether oxygens (including phenoxy) is 1. The van der Waals surface area contributed by atoms with Crippen molar-refractivity contribution in [3.8, 4) is 5.75 Å². The van der Waals surface area contributed by atoms with E-state index < -0.39 is 0 Å². The van der Waals surface area contributed by atoms with E-state index in [9.17, 15) is 0 Å². The molecule has 0 saturated heterocycles. The molecule has 0 aliphatic heterocycles. The first-order valence-corrected chi connectivity index (χ1v) is 6.57. The fourth-order valence-corrected chi connectivity index (χ4v) is 1.50. The van der Waals surface area contributed by atoms with Gasteiger partial charge in [0.15, 0.2) is 0 Å². The lowest BCUT2D eigenvalue weighted by Crippen LogP contribution is -2.30. The molecule has 3 nitrogen and oxygen atoms in total. The van der Waals surface area contributed by atoms with E-state index in [1.165, 1.54) is 0 Å². The van der Waals surface area contributed by atoms with Crippen LogP contribution in [0.25, 0.3) is 0 Å². The topological polar surface area (TPSA) is 45.1 Å². The number of amidine groups is 1. The molecule has 0 bridgehead atoms. The van der Waals surface area contributed by atoms with Crippen molar-refractivity contribution in [1.29, 1.82) is 5.41 Å². The average Bonchev–Trinajstić information content (AvgIpc) is 2.28. The molecule has 0 spiro atoms. The molecule has 0 amide bonds. The third kappa shape index (κ3) is 5.21. The van der Waals surface area contributed by atoms with Crippen molar-refractivity contribution in [3.05, 3.63) is 29.8 Å². The molecule has 0 fully saturated rings. The Kier molecular flexibility index (Phi) is 5.69. The zero-order valence-electron chi connectivity index (χ0n) is 11.8. The Morgan fingerprint density at radius 1 is 1.17 bits per heavy atom. The first-order chi connectivity index (χ1) is 8.49. The maximum Gasteiger partial charge on any atom is 0.125 e. The summed E-state index contributed by atoms with van der Waals surface area (Å²) >= 11 is 0. The fraction of sp³-hybridized carbons (Fsp3) is 0.533. The van der Waals surface area contributed by atoms with Crippen LogP contribution in [-0.2, 0) is 0 Å². The average molecular weight is 248 g/mol. The lowest BCUT2D eigenvalue weighted by molar-refractivity contribution is 0.289. The molecule has 0 aromatic heterocycles. The van der Waals surface area contributed by atoms with E-state index in [0.717, 1.165) is 24.3 Å².